The van der Waals surface area contributed by atoms with Crippen LogP contribution in [0.2, 0.25) is 0 Å². The number of methoxy groups -OCH3 is 1. The minimum absolute atomic E-state index is 0.183. The van der Waals surface area contributed by atoms with Crippen molar-refractivity contribution in [1.29, 1.82) is 0 Å². The number of hydrogen-bond donors (Lipinski definition) is 1. The molecule has 0 spiro atoms. The number of amides is 1. The Balaban J connectivity index is 1.53. The maximum atomic E-state index is 12.0. The maximum absolute atomic E-state index is 12.0. The second kappa shape index (κ2) is 8.15. The van der Waals surface area contributed by atoms with Gasteiger partial charge in [0, 0.05) is 12.1 Å². The second-order valence-corrected chi connectivity index (χ2v) is 5.64. The van der Waals surface area contributed by atoms with Gasteiger partial charge in [-0.3, -0.25) is 4.79 Å². The van der Waals surface area contributed by atoms with E-state index in [-0.39, 0.29) is 18.3 Å². The molecule has 134 valence electrons. The average Bonchev–Trinajstić information content (AvgIpc) is 3.03. The Morgan fingerprint density at radius 1 is 1.15 bits per heavy atom. The predicted molar refractivity (Wildman–Crippen MR) is 95.9 cm³/mol. The van der Waals surface area contributed by atoms with Crippen molar-refractivity contribution in [2.45, 2.75) is 13.0 Å². The summed E-state index contributed by atoms with van der Waals surface area (Å²) in [5, 5.41) is 6.84. The average molecular weight is 353 g/mol. The van der Waals surface area contributed by atoms with E-state index in [1.807, 2.05) is 42.5 Å². The lowest BCUT2D eigenvalue weighted by molar-refractivity contribution is -0.121. The molecular formula is C19H19N3O4. The fourth-order valence-electron chi connectivity index (χ4n) is 2.43. The highest BCUT2D eigenvalue weighted by Crippen LogP contribution is 2.14. The van der Waals surface area contributed by atoms with Gasteiger partial charge in [0.05, 0.1) is 7.11 Å². The molecule has 7 heteroatoms. The first-order valence-corrected chi connectivity index (χ1v) is 8.19. The third-order valence-corrected chi connectivity index (χ3v) is 3.82. The first-order chi connectivity index (χ1) is 12.7. The first-order valence-electron chi connectivity index (χ1n) is 8.19. The van der Waals surface area contributed by atoms with Crippen LogP contribution in [0.5, 0.6) is 5.75 Å². The van der Waals surface area contributed by atoms with E-state index >= 15 is 0 Å². The quantitative estimate of drug-likeness (QED) is 0.701. The number of ether oxygens (including phenoxy) is 1. The summed E-state index contributed by atoms with van der Waals surface area (Å²) in [6.45, 7) is 0.279. The molecule has 1 aromatic heterocycles. The van der Waals surface area contributed by atoms with Gasteiger partial charge >= 0.3 is 5.76 Å². The topological polar surface area (TPSA) is 86.4 Å². The number of carbonyl (C=O) groups excluding carboxylic acids is 1. The van der Waals surface area contributed by atoms with Crippen molar-refractivity contribution in [3.63, 3.8) is 0 Å². The molecule has 1 amide bonds. The number of hydrogen-bond acceptors (Lipinski definition) is 5. The molecule has 0 saturated heterocycles. The van der Waals surface area contributed by atoms with Crippen molar-refractivity contribution in [2.75, 3.05) is 13.7 Å². The van der Waals surface area contributed by atoms with Gasteiger partial charge in [-0.25, -0.2) is 4.79 Å². The van der Waals surface area contributed by atoms with E-state index in [2.05, 4.69) is 10.4 Å². The molecule has 0 fully saturated rings. The number of benzene rings is 2. The van der Waals surface area contributed by atoms with E-state index < -0.39 is 5.76 Å². The molecule has 0 aliphatic carbocycles. The molecule has 3 rings (SSSR count). The summed E-state index contributed by atoms with van der Waals surface area (Å²) in [5.41, 5.74) is 1.76. The number of nitrogens with zero attached hydrogens (tertiary/aromatic N) is 2. The van der Waals surface area contributed by atoms with Gasteiger partial charge in [0.25, 0.3) is 0 Å². The maximum Gasteiger partial charge on any atom is 0.437 e. The summed E-state index contributed by atoms with van der Waals surface area (Å²) in [6, 6.07) is 16.7. The van der Waals surface area contributed by atoms with Crippen LogP contribution in [0.4, 0.5) is 0 Å². The van der Waals surface area contributed by atoms with Gasteiger partial charge < -0.3 is 14.5 Å². The Morgan fingerprint density at radius 2 is 1.88 bits per heavy atom. The van der Waals surface area contributed by atoms with Crippen LogP contribution in [-0.4, -0.2) is 29.3 Å². The summed E-state index contributed by atoms with van der Waals surface area (Å²) < 4.78 is 11.2. The van der Waals surface area contributed by atoms with Crippen molar-refractivity contribution in [3.05, 3.63) is 70.7 Å². The molecule has 3 aromatic rings. The lowest BCUT2D eigenvalue weighted by Gasteiger charge is -2.05. The molecule has 0 aliphatic heterocycles. The first kappa shape index (κ1) is 17.5. The van der Waals surface area contributed by atoms with E-state index in [9.17, 15) is 9.59 Å². The molecule has 1 N–H and O–H groups in total. The Kier molecular flexibility index (Phi) is 5.48. The summed E-state index contributed by atoms with van der Waals surface area (Å²) in [6.07, 6.45) is 0.679. The predicted octanol–water partition coefficient (Wildman–Crippen LogP) is 1.87. The van der Waals surface area contributed by atoms with Crippen molar-refractivity contribution in [1.82, 2.24) is 15.1 Å². The Morgan fingerprint density at radius 3 is 2.58 bits per heavy atom. The van der Waals surface area contributed by atoms with Gasteiger partial charge in [0.2, 0.25) is 11.8 Å². The number of carbonyl (C=O) groups is 1. The van der Waals surface area contributed by atoms with Crippen LogP contribution in [0.1, 0.15) is 5.56 Å². The van der Waals surface area contributed by atoms with E-state index in [1.54, 1.807) is 19.2 Å². The number of aromatic nitrogens is 2. The van der Waals surface area contributed by atoms with Crippen LogP contribution in [0.15, 0.2) is 63.8 Å². The van der Waals surface area contributed by atoms with Gasteiger partial charge in [-0.15, -0.1) is 5.10 Å². The minimum Gasteiger partial charge on any atom is -0.497 e. The van der Waals surface area contributed by atoms with Crippen LogP contribution >= 0.6 is 0 Å². The van der Waals surface area contributed by atoms with Gasteiger partial charge in [0.15, 0.2) is 0 Å². The molecule has 0 saturated carbocycles. The smallest absolute Gasteiger partial charge is 0.437 e. The highest BCUT2D eigenvalue weighted by Gasteiger charge is 2.12. The zero-order chi connectivity index (χ0) is 18.4. The van der Waals surface area contributed by atoms with Crippen molar-refractivity contribution in [2.24, 2.45) is 0 Å². The summed E-state index contributed by atoms with van der Waals surface area (Å²) in [4.78, 5) is 23.9. The highest BCUT2D eigenvalue weighted by molar-refractivity contribution is 5.75. The Labute approximate surface area is 150 Å². The van der Waals surface area contributed by atoms with Gasteiger partial charge in [-0.05, 0) is 36.2 Å². The van der Waals surface area contributed by atoms with E-state index in [0.29, 0.717) is 18.5 Å². The third kappa shape index (κ3) is 4.38. The molecule has 26 heavy (non-hydrogen) atoms. The molecule has 2 aromatic carbocycles. The third-order valence-electron chi connectivity index (χ3n) is 3.82. The van der Waals surface area contributed by atoms with Crippen LogP contribution in [0.25, 0.3) is 11.5 Å². The van der Waals surface area contributed by atoms with Crippen molar-refractivity contribution in [3.8, 4) is 17.2 Å². The molecule has 7 nitrogen and oxygen atoms in total. The van der Waals surface area contributed by atoms with Gasteiger partial charge in [-0.1, -0.05) is 30.3 Å². The molecule has 1 heterocycles. The van der Waals surface area contributed by atoms with Gasteiger partial charge in [-0.2, -0.15) is 4.68 Å². The lowest BCUT2D eigenvalue weighted by atomic mass is 10.1. The van der Waals surface area contributed by atoms with E-state index in [0.717, 1.165) is 16.0 Å². The lowest BCUT2D eigenvalue weighted by Crippen LogP contribution is -2.32. The summed E-state index contributed by atoms with van der Waals surface area (Å²) >= 11 is 0. The minimum atomic E-state index is -0.658. The largest absolute Gasteiger partial charge is 0.497 e. The fourth-order valence-corrected chi connectivity index (χ4v) is 2.43. The fraction of sp³-hybridized carbons (Fsp3) is 0.211. The molecule has 0 aliphatic rings. The van der Waals surface area contributed by atoms with E-state index in [1.165, 1.54) is 0 Å². The molecule has 0 unspecified atom stereocenters. The molecule has 0 atom stereocenters. The van der Waals surface area contributed by atoms with Gasteiger partial charge in [0.1, 0.15) is 12.3 Å². The standard InChI is InChI=1S/C19H19N3O4/c1-25-16-9-7-14(8-10-16)11-12-20-17(23)13-22-19(24)26-18(21-22)15-5-3-2-4-6-15/h2-10H,11-13H2,1H3,(H,20,23). The van der Waals surface area contributed by atoms with Crippen LogP contribution in [-0.2, 0) is 17.8 Å². The van der Waals surface area contributed by atoms with Crippen molar-refractivity contribution >= 4 is 5.91 Å². The molecule has 0 bridgehead atoms. The van der Waals surface area contributed by atoms with E-state index in [4.69, 9.17) is 9.15 Å². The Bertz CT molecular complexity index is 914. The Hall–Kier alpha value is -3.35. The van der Waals surface area contributed by atoms with Crippen LogP contribution in [0, 0.1) is 0 Å². The summed E-state index contributed by atoms with van der Waals surface area (Å²) in [7, 11) is 1.62. The second-order valence-electron chi connectivity index (χ2n) is 5.64. The van der Waals surface area contributed by atoms with Crippen LogP contribution in [0.3, 0.4) is 0 Å². The monoisotopic (exact) mass is 353 g/mol. The zero-order valence-electron chi connectivity index (χ0n) is 14.3. The molecular weight excluding hydrogens is 334 g/mol. The normalized spacial score (nSPS) is 10.5. The molecule has 0 radical (unpaired) electrons. The highest BCUT2D eigenvalue weighted by atomic mass is 16.5. The summed E-state index contributed by atoms with van der Waals surface area (Å²) in [5.74, 6) is 0.0294. The zero-order valence-corrected chi connectivity index (χ0v) is 14.3. The number of rotatable bonds is 7. The number of nitrogens with one attached hydrogen (secondary N) is 1. The van der Waals surface area contributed by atoms with Crippen LogP contribution < -0.4 is 15.8 Å². The van der Waals surface area contributed by atoms with Crippen molar-refractivity contribution < 1.29 is 13.9 Å². The SMILES string of the molecule is COc1ccc(CCNC(=O)Cn2nc(-c3ccccc3)oc2=O)cc1.